The normalized spacial score (nSPS) is 28.6. The quantitative estimate of drug-likeness (QED) is 0.0686. The summed E-state index contributed by atoms with van der Waals surface area (Å²) in [6.45, 7) is 0.954. The summed E-state index contributed by atoms with van der Waals surface area (Å²) in [6, 6.07) is 0. The van der Waals surface area contributed by atoms with E-state index in [1.54, 1.807) is 0 Å². The summed E-state index contributed by atoms with van der Waals surface area (Å²) in [7, 11) is 0. The number of unbranched alkanes of at least 4 members (excludes halogenated alkanes) is 14. The third kappa shape index (κ3) is 12.1. The molecule has 244 valence electrons. The van der Waals surface area contributed by atoms with Crippen LogP contribution in [0.3, 0.4) is 0 Å². The van der Waals surface area contributed by atoms with E-state index < -0.39 is 80.0 Å². The third-order valence-electron chi connectivity index (χ3n) is 7.86. The van der Waals surface area contributed by atoms with Crippen molar-refractivity contribution in [1.82, 2.24) is 0 Å². The molecular formula is C30H52O12. The molecule has 2 fully saturated rings. The second-order valence-corrected chi connectivity index (χ2v) is 11.4. The molecule has 2 saturated heterocycles. The van der Waals surface area contributed by atoms with Gasteiger partial charge in [0.05, 0.1) is 6.61 Å². The van der Waals surface area contributed by atoms with Crippen molar-refractivity contribution in [2.24, 2.45) is 0 Å². The first kappa shape index (κ1) is 36.5. The van der Waals surface area contributed by atoms with E-state index in [0.717, 1.165) is 19.3 Å². The van der Waals surface area contributed by atoms with Crippen LogP contribution in [0.1, 0.15) is 110 Å². The second-order valence-electron chi connectivity index (χ2n) is 11.4. The fraction of sp³-hybridized carbons (Fsp3) is 0.900. The van der Waals surface area contributed by atoms with Crippen molar-refractivity contribution in [3.8, 4) is 0 Å². The summed E-state index contributed by atoms with van der Waals surface area (Å²) in [5.41, 5.74) is 0. The minimum atomic E-state index is -1.89. The van der Waals surface area contributed by atoms with E-state index in [1.807, 2.05) is 0 Å². The zero-order valence-corrected chi connectivity index (χ0v) is 24.9. The Balaban J connectivity index is 1.54. The summed E-state index contributed by atoms with van der Waals surface area (Å²) < 4.78 is 20.3. The Morgan fingerprint density at radius 3 is 1.86 bits per heavy atom. The van der Waals surface area contributed by atoms with Gasteiger partial charge in [-0.2, -0.15) is 0 Å². The number of ether oxygens (including phenoxy) is 4. The van der Waals surface area contributed by atoms with Gasteiger partial charge in [-0.1, -0.05) is 96.8 Å². The van der Waals surface area contributed by atoms with E-state index in [0.29, 0.717) is 6.42 Å². The highest BCUT2D eigenvalue weighted by Gasteiger charge is 2.52. The van der Waals surface area contributed by atoms with Crippen LogP contribution < -0.4 is 0 Å². The molecule has 12 heteroatoms. The molecule has 2 rings (SSSR count). The molecule has 0 aliphatic carbocycles. The number of hydrogen-bond donors (Lipinski definition) is 5. The molecule has 42 heavy (non-hydrogen) atoms. The second kappa shape index (κ2) is 20.3. The number of Topliss-reactive ketones (excluding diaryl/α,β-unsaturated/α-hetero) is 1. The number of hydrogen-bond acceptors (Lipinski definition) is 12. The fourth-order valence-electron chi connectivity index (χ4n) is 5.19. The molecular weight excluding hydrogens is 552 g/mol. The average molecular weight is 605 g/mol. The number of cyclic esters (lactones) is 1. The zero-order valence-electron chi connectivity index (χ0n) is 24.9. The molecule has 2 aliphatic rings. The number of aliphatic hydroxyl groups is 5. The Labute approximate surface area is 248 Å². The lowest BCUT2D eigenvalue weighted by Crippen LogP contribution is -2.60. The van der Waals surface area contributed by atoms with Crippen LogP contribution >= 0.6 is 0 Å². The van der Waals surface area contributed by atoms with Crippen LogP contribution in [-0.2, 0) is 33.3 Å². The van der Waals surface area contributed by atoms with Gasteiger partial charge in [-0.25, -0.2) is 4.79 Å². The molecule has 0 radical (unpaired) electrons. The van der Waals surface area contributed by atoms with Crippen molar-refractivity contribution in [2.45, 2.75) is 159 Å². The van der Waals surface area contributed by atoms with Gasteiger partial charge in [-0.15, -0.1) is 0 Å². The Kier molecular flexibility index (Phi) is 17.7. The highest BCUT2D eigenvalue weighted by molar-refractivity contribution is 6.09. The maximum atomic E-state index is 12.6. The number of carbonyl (C=O) groups is 3. The average Bonchev–Trinajstić information content (AvgIpc) is 3.26. The predicted molar refractivity (Wildman–Crippen MR) is 150 cm³/mol. The summed E-state index contributed by atoms with van der Waals surface area (Å²) in [5, 5.41) is 49.3. The van der Waals surface area contributed by atoms with E-state index in [4.69, 9.17) is 18.9 Å². The number of ketones is 1. The first-order valence-electron chi connectivity index (χ1n) is 15.7. The topological polar surface area (TPSA) is 189 Å². The maximum Gasteiger partial charge on any atom is 0.344 e. The molecule has 0 bridgehead atoms. The van der Waals surface area contributed by atoms with Gasteiger partial charge in [0.1, 0.15) is 37.1 Å². The Bertz CT molecular complexity index is 790. The summed E-state index contributed by atoms with van der Waals surface area (Å²) >= 11 is 0. The van der Waals surface area contributed by atoms with Crippen molar-refractivity contribution in [3.05, 3.63) is 0 Å². The third-order valence-corrected chi connectivity index (χ3v) is 7.86. The molecule has 3 unspecified atom stereocenters. The number of carbonyl (C=O) groups excluding carboxylic acids is 3. The fourth-order valence-corrected chi connectivity index (χ4v) is 5.19. The van der Waals surface area contributed by atoms with Gasteiger partial charge in [0.15, 0.2) is 12.4 Å². The van der Waals surface area contributed by atoms with E-state index in [2.05, 4.69) is 6.92 Å². The molecule has 12 nitrogen and oxygen atoms in total. The predicted octanol–water partition coefficient (Wildman–Crippen LogP) is 1.83. The van der Waals surface area contributed by atoms with Gasteiger partial charge in [0.2, 0.25) is 11.9 Å². The smallest absolute Gasteiger partial charge is 0.344 e. The summed E-state index contributed by atoms with van der Waals surface area (Å²) in [5.74, 6) is -2.68. The van der Waals surface area contributed by atoms with Gasteiger partial charge >= 0.3 is 11.9 Å². The largest absolute Gasteiger partial charge is 0.463 e. The van der Waals surface area contributed by atoms with Crippen LogP contribution in [0.25, 0.3) is 0 Å². The Morgan fingerprint density at radius 2 is 1.33 bits per heavy atom. The van der Waals surface area contributed by atoms with E-state index in [-0.39, 0.29) is 6.42 Å². The van der Waals surface area contributed by atoms with Gasteiger partial charge < -0.3 is 44.5 Å². The first-order chi connectivity index (χ1) is 20.2. The molecule has 0 aromatic carbocycles. The van der Waals surface area contributed by atoms with Gasteiger partial charge in [-0.05, 0) is 6.42 Å². The monoisotopic (exact) mass is 604 g/mol. The van der Waals surface area contributed by atoms with Crippen LogP contribution in [0, 0.1) is 0 Å². The Hall–Kier alpha value is -1.67. The molecule has 0 aromatic rings. The highest BCUT2D eigenvalue weighted by Crippen LogP contribution is 2.26. The standard InChI is InChI=1S/C30H52O12/c1-2-3-4-5-6-7-8-9-10-11-12-13-14-15-16-17-22(33)39-19-20(32)27-26(37)28(29(38)41-27)42-30-25(36)24(35)23(34)21(18-31)40-30/h20-21,23-25,27-28,30-32,34-36H,2-19H2,1H3/t20?,21-,23-,24+,25-,27?,28?,30-/m0/s1. The van der Waals surface area contributed by atoms with Gasteiger partial charge in [-0.3, -0.25) is 9.59 Å². The van der Waals surface area contributed by atoms with Crippen molar-refractivity contribution in [3.63, 3.8) is 0 Å². The Morgan fingerprint density at radius 1 is 0.810 bits per heavy atom. The van der Waals surface area contributed by atoms with Crippen LogP contribution in [0.2, 0.25) is 0 Å². The SMILES string of the molecule is CCCCCCCCCCCCCCCCCC(=O)OCC(O)C1OC(=O)C(O[C@@H]2O[C@@H](CO)[C@H](O)[C@@H](O)[C@@H]2O)C1=O. The van der Waals surface area contributed by atoms with Crippen LogP contribution in [0.15, 0.2) is 0 Å². The zero-order chi connectivity index (χ0) is 30.9. The van der Waals surface area contributed by atoms with Crippen molar-refractivity contribution < 1.29 is 58.9 Å². The van der Waals surface area contributed by atoms with E-state index >= 15 is 0 Å². The van der Waals surface area contributed by atoms with Crippen LogP contribution in [0.4, 0.5) is 0 Å². The number of rotatable bonds is 22. The van der Waals surface area contributed by atoms with E-state index in [1.165, 1.54) is 70.6 Å². The maximum absolute atomic E-state index is 12.6. The molecule has 0 spiro atoms. The molecule has 2 aliphatic heterocycles. The molecule has 0 amide bonds. The molecule has 2 heterocycles. The highest BCUT2D eigenvalue weighted by atomic mass is 16.7. The van der Waals surface area contributed by atoms with Crippen molar-refractivity contribution >= 4 is 17.7 Å². The van der Waals surface area contributed by atoms with Gasteiger partial charge in [0.25, 0.3) is 0 Å². The lowest BCUT2D eigenvalue weighted by atomic mass is 9.99. The first-order valence-corrected chi connectivity index (χ1v) is 15.7. The molecule has 8 atom stereocenters. The lowest BCUT2D eigenvalue weighted by Gasteiger charge is -2.39. The van der Waals surface area contributed by atoms with Crippen molar-refractivity contribution in [1.29, 1.82) is 0 Å². The number of aliphatic hydroxyl groups excluding tert-OH is 5. The van der Waals surface area contributed by atoms with Gasteiger partial charge in [0, 0.05) is 6.42 Å². The molecule has 0 saturated carbocycles. The van der Waals surface area contributed by atoms with Crippen LogP contribution in [0.5, 0.6) is 0 Å². The molecule has 0 aromatic heterocycles. The summed E-state index contributed by atoms with van der Waals surface area (Å²) in [4.78, 5) is 36.9. The minimum absolute atomic E-state index is 0.173. The van der Waals surface area contributed by atoms with Crippen molar-refractivity contribution in [2.75, 3.05) is 13.2 Å². The minimum Gasteiger partial charge on any atom is -0.463 e. The lowest BCUT2D eigenvalue weighted by molar-refractivity contribution is -0.305. The molecule has 5 N–H and O–H groups in total. The van der Waals surface area contributed by atoms with Crippen LogP contribution in [-0.4, -0.2) is 105 Å². The number of esters is 2. The van der Waals surface area contributed by atoms with E-state index in [9.17, 15) is 39.9 Å². The summed E-state index contributed by atoms with van der Waals surface area (Å²) in [6.07, 6.45) is 4.88.